The molecule has 1 heterocycles. The average Bonchev–Trinajstić information content (AvgIpc) is 2.92. The predicted molar refractivity (Wildman–Crippen MR) is 158 cm³/mol. The normalized spacial score (nSPS) is 11.0. The van der Waals surface area contributed by atoms with Crippen molar-refractivity contribution in [2.24, 2.45) is 0 Å². The highest BCUT2D eigenvalue weighted by Crippen LogP contribution is 2.13. The van der Waals surface area contributed by atoms with Crippen molar-refractivity contribution in [1.29, 1.82) is 0 Å². The topological polar surface area (TPSA) is 59.7 Å². The van der Waals surface area contributed by atoms with E-state index in [-0.39, 0.29) is 19.1 Å². The minimum atomic E-state index is -0.585. The van der Waals surface area contributed by atoms with Gasteiger partial charge in [0.2, 0.25) is 11.6 Å². The minimum absolute atomic E-state index is 0.211. The third-order valence-corrected chi connectivity index (χ3v) is 7.67. The van der Waals surface area contributed by atoms with Crippen molar-refractivity contribution in [3.8, 4) is 0 Å². The molecule has 0 saturated carbocycles. The van der Waals surface area contributed by atoms with E-state index in [0.717, 1.165) is 42.5 Å². The molecule has 0 aliphatic carbocycles. The molecule has 0 fully saturated rings. The van der Waals surface area contributed by atoms with E-state index in [1.807, 2.05) is 35.9 Å². The Labute approximate surface area is 237 Å². The van der Waals surface area contributed by atoms with Gasteiger partial charge >= 0.3 is 6.09 Å². The van der Waals surface area contributed by atoms with Crippen LogP contribution in [-0.2, 0) is 27.4 Å². The summed E-state index contributed by atoms with van der Waals surface area (Å²) in [6.45, 7) is 8.53. The van der Waals surface area contributed by atoms with Crippen LogP contribution in [0, 0.1) is 0 Å². The molecule has 0 radical (unpaired) electrons. The van der Waals surface area contributed by atoms with Crippen molar-refractivity contribution < 1.29 is 23.6 Å². The summed E-state index contributed by atoms with van der Waals surface area (Å²) in [7, 11) is 0. The van der Waals surface area contributed by atoms with Crippen LogP contribution in [-0.4, -0.2) is 48.2 Å². The maximum Gasteiger partial charge on any atom is 0.417 e. The number of pyridine rings is 1. The van der Waals surface area contributed by atoms with E-state index in [0.29, 0.717) is 5.75 Å². The van der Waals surface area contributed by atoms with Gasteiger partial charge in [0.25, 0.3) is 0 Å². The standard InChI is InChI=1S/C31H55N2O4S/c1-4-6-7-8-9-10-11-12-13-14-15-16-17-20-23-36-24-26-38-27-25-37-31(35)33(29(3)34)28-30-21-18-19-22-32(30)5-2/h18-19,21-22H,4-17,20,23-28H2,1-3H3/q+1. The Morgan fingerprint density at radius 2 is 1.37 bits per heavy atom. The first-order valence-corrected chi connectivity index (χ1v) is 16.3. The molecule has 0 atom stereocenters. The molecule has 6 nitrogen and oxygen atoms in total. The van der Waals surface area contributed by atoms with Crippen molar-refractivity contribution in [1.82, 2.24) is 4.90 Å². The number of aromatic nitrogens is 1. The van der Waals surface area contributed by atoms with Crippen molar-refractivity contribution in [2.75, 3.05) is 31.3 Å². The molecule has 0 aromatic carbocycles. The first kappa shape index (κ1) is 34.4. The molecular formula is C31H55N2O4S+. The smallest absolute Gasteiger partial charge is 0.417 e. The number of imide groups is 1. The molecule has 0 aliphatic heterocycles. The Hall–Kier alpha value is -1.60. The molecule has 0 unspecified atom stereocenters. The SMILES string of the molecule is CCCCCCCCCCCCCCCCOCCSCCOC(=O)N(Cc1cccc[n+]1CC)C(C)=O. The first-order chi connectivity index (χ1) is 18.6. The van der Waals surface area contributed by atoms with E-state index in [4.69, 9.17) is 9.47 Å². The molecule has 1 aromatic rings. The Kier molecular flexibility index (Phi) is 22.1. The average molecular weight is 552 g/mol. The largest absolute Gasteiger partial charge is 0.448 e. The number of nitrogens with zero attached hydrogens (tertiary/aromatic N) is 2. The van der Waals surface area contributed by atoms with Crippen LogP contribution >= 0.6 is 11.8 Å². The molecule has 2 amide bonds. The summed E-state index contributed by atoms with van der Waals surface area (Å²) in [5.74, 6) is 1.26. The molecule has 38 heavy (non-hydrogen) atoms. The van der Waals surface area contributed by atoms with E-state index in [2.05, 4.69) is 6.92 Å². The third kappa shape index (κ3) is 17.8. The van der Waals surface area contributed by atoms with Gasteiger partial charge in [-0.1, -0.05) is 96.5 Å². The van der Waals surface area contributed by atoms with Crippen LogP contribution in [0.4, 0.5) is 4.79 Å². The van der Waals surface area contributed by atoms with Gasteiger partial charge in [-0.25, -0.2) is 14.3 Å². The summed E-state index contributed by atoms with van der Waals surface area (Å²) in [5, 5.41) is 0. The molecule has 0 saturated heterocycles. The number of thioether (sulfide) groups is 1. The maximum atomic E-state index is 12.4. The molecule has 1 rings (SSSR count). The third-order valence-electron chi connectivity index (χ3n) is 6.76. The van der Waals surface area contributed by atoms with E-state index in [1.54, 1.807) is 11.8 Å². The zero-order valence-electron chi connectivity index (χ0n) is 24.6. The summed E-state index contributed by atoms with van der Waals surface area (Å²) in [4.78, 5) is 25.6. The van der Waals surface area contributed by atoms with Gasteiger partial charge in [0.15, 0.2) is 6.20 Å². The van der Waals surface area contributed by atoms with Crippen LogP contribution in [0.25, 0.3) is 0 Å². The Morgan fingerprint density at radius 3 is 1.95 bits per heavy atom. The number of aryl methyl sites for hydroxylation is 1. The van der Waals surface area contributed by atoms with Gasteiger partial charge in [-0.2, -0.15) is 11.8 Å². The van der Waals surface area contributed by atoms with Crippen molar-refractivity contribution in [3.63, 3.8) is 0 Å². The van der Waals surface area contributed by atoms with Crippen LogP contribution in [0.3, 0.4) is 0 Å². The number of rotatable bonds is 24. The Bertz CT molecular complexity index is 732. The molecule has 0 N–H and O–H groups in total. The number of hydrogen-bond acceptors (Lipinski definition) is 5. The van der Waals surface area contributed by atoms with Crippen LogP contribution in [0.5, 0.6) is 0 Å². The van der Waals surface area contributed by atoms with E-state index in [1.165, 1.54) is 90.4 Å². The van der Waals surface area contributed by atoms with Crippen LogP contribution < -0.4 is 4.57 Å². The van der Waals surface area contributed by atoms with Crippen molar-refractivity contribution in [2.45, 2.75) is 124 Å². The highest BCUT2D eigenvalue weighted by atomic mass is 32.2. The van der Waals surface area contributed by atoms with Gasteiger partial charge in [0, 0.05) is 37.2 Å². The zero-order valence-corrected chi connectivity index (χ0v) is 25.4. The molecular weight excluding hydrogens is 496 g/mol. The van der Waals surface area contributed by atoms with Gasteiger partial charge in [-0.15, -0.1) is 0 Å². The number of carbonyl (C=O) groups excluding carboxylic acids is 2. The van der Waals surface area contributed by atoms with E-state index in [9.17, 15) is 9.59 Å². The van der Waals surface area contributed by atoms with Crippen molar-refractivity contribution in [3.05, 3.63) is 30.1 Å². The Morgan fingerprint density at radius 1 is 0.789 bits per heavy atom. The highest BCUT2D eigenvalue weighted by Gasteiger charge is 2.23. The fourth-order valence-electron chi connectivity index (χ4n) is 4.42. The number of amides is 2. The molecule has 7 heteroatoms. The lowest BCUT2D eigenvalue weighted by Gasteiger charge is -2.17. The van der Waals surface area contributed by atoms with Gasteiger partial charge < -0.3 is 9.47 Å². The number of ether oxygens (including phenoxy) is 2. The predicted octanol–water partition coefficient (Wildman–Crippen LogP) is 7.71. The van der Waals surface area contributed by atoms with E-state index >= 15 is 0 Å². The summed E-state index contributed by atoms with van der Waals surface area (Å²) in [5.41, 5.74) is 0.896. The monoisotopic (exact) mass is 551 g/mol. The maximum absolute atomic E-state index is 12.4. The first-order valence-electron chi connectivity index (χ1n) is 15.2. The minimum Gasteiger partial charge on any atom is -0.448 e. The van der Waals surface area contributed by atoms with Gasteiger partial charge in [-0.05, 0) is 13.3 Å². The molecule has 0 spiro atoms. The second-order valence-corrected chi connectivity index (χ2v) is 11.2. The second-order valence-electron chi connectivity index (χ2n) is 10.0. The molecule has 0 aliphatic rings. The van der Waals surface area contributed by atoms with Crippen LogP contribution in [0.15, 0.2) is 24.4 Å². The van der Waals surface area contributed by atoms with E-state index < -0.39 is 6.09 Å². The lowest BCUT2D eigenvalue weighted by molar-refractivity contribution is -0.701. The second kappa shape index (κ2) is 24.4. The molecule has 218 valence electrons. The van der Waals surface area contributed by atoms with Crippen LogP contribution in [0.2, 0.25) is 0 Å². The van der Waals surface area contributed by atoms with Crippen LogP contribution in [0.1, 0.15) is 116 Å². The summed E-state index contributed by atoms with van der Waals surface area (Å²) >= 11 is 1.70. The quantitative estimate of drug-likeness (QED) is 0.0973. The zero-order chi connectivity index (χ0) is 27.7. The highest BCUT2D eigenvalue weighted by molar-refractivity contribution is 7.99. The number of carbonyl (C=O) groups is 2. The van der Waals surface area contributed by atoms with Gasteiger partial charge in [0.1, 0.15) is 19.7 Å². The molecule has 0 bridgehead atoms. The Balaban J connectivity index is 1.92. The van der Waals surface area contributed by atoms with Gasteiger partial charge in [-0.3, -0.25) is 4.79 Å². The molecule has 1 aromatic heterocycles. The van der Waals surface area contributed by atoms with Gasteiger partial charge in [0.05, 0.1) is 6.61 Å². The summed E-state index contributed by atoms with van der Waals surface area (Å²) in [6.07, 6.45) is 20.5. The number of unbranched alkanes of at least 4 members (excludes halogenated alkanes) is 13. The summed E-state index contributed by atoms with van der Waals surface area (Å²) in [6, 6.07) is 5.76. The lowest BCUT2D eigenvalue weighted by atomic mass is 10.0. The summed E-state index contributed by atoms with van der Waals surface area (Å²) < 4.78 is 13.1. The fourth-order valence-corrected chi connectivity index (χ4v) is 5.06. The lowest BCUT2D eigenvalue weighted by Crippen LogP contribution is -2.43. The number of hydrogen-bond donors (Lipinski definition) is 0. The van der Waals surface area contributed by atoms with Crippen molar-refractivity contribution >= 4 is 23.8 Å². The fraction of sp³-hybridized carbons (Fsp3) is 0.774.